The Morgan fingerprint density at radius 2 is 2.11 bits per heavy atom. The average molecular weight is 272 g/mol. The van der Waals surface area contributed by atoms with E-state index in [4.69, 9.17) is 5.11 Å². The molecule has 0 spiro atoms. The quantitative estimate of drug-likeness (QED) is 0.779. The molecule has 0 aliphatic carbocycles. The summed E-state index contributed by atoms with van der Waals surface area (Å²) in [4.78, 5) is 11.6. The summed E-state index contributed by atoms with van der Waals surface area (Å²) in [5, 5.41) is 23.4. The zero-order valence-corrected chi connectivity index (χ0v) is 12.0. The van der Waals surface area contributed by atoms with Crippen LogP contribution in [-0.2, 0) is 5.41 Å². The molecule has 0 bridgehead atoms. The summed E-state index contributed by atoms with van der Waals surface area (Å²) in [5.74, 6) is 0. The van der Waals surface area contributed by atoms with Crippen molar-refractivity contribution < 1.29 is 9.90 Å². The van der Waals surface area contributed by atoms with Crippen LogP contribution in [0.2, 0.25) is 0 Å². The van der Waals surface area contributed by atoms with Gasteiger partial charge in [0.1, 0.15) is 5.01 Å². The zero-order valence-electron chi connectivity index (χ0n) is 11.1. The smallest absolute Gasteiger partial charge is 0.321 e. The van der Waals surface area contributed by atoms with Crippen molar-refractivity contribution in [1.29, 1.82) is 0 Å². The molecule has 0 saturated carbocycles. The van der Waals surface area contributed by atoms with Crippen molar-refractivity contribution >= 4 is 22.5 Å². The van der Waals surface area contributed by atoms with Crippen LogP contribution in [0.1, 0.15) is 39.1 Å². The molecule has 102 valence electrons. The number of nitrogens with zero attached hydrogens (tertiary/aromatic N) is 2. The number of amides is 2. The molecule has 0 fully saturated rings. The number of anilines is 1. The number of carbonyl (C=O) groups is 1. The molecule has 18 heavy (non-hydrogen) atoms. The maximum absolute atomic E-state index is 11.6. The highest BCUT2D eigenvalue weighted by molar-refractivity contribution is 7.15. The number of carbonyl (C=O) groups excluding carboxylic acids is 1. The van der Waals surface area contributed by atoms with Gasteiger partial charge in [-0.1, -0.05) is 32.1 Å². The summed E-state index contributed by atoms with van der Waals surface area (Å²) in [6, 6.07) is -0.405. The van der Waals surface area contributed by atoms with Gasteiger partial charge in [-0.05, 0) is 13.3 Å². The van der Waals surface area contributed by atoms with E-state index in [1.165, 1.54) is 11.3 Å². The van der Waals surface area contributed by atoms with E-state index in [1.807, 2.05) is 27.7 Å². The van der Waals surface area contributed by atoms with Crippen LogP contribution in [0.25, 0.3) is 0 Å². The molecule has 0 radical (unpaired) electrons. The second-order valence-electron chi connectivity index (χ2n) is 5.17. The predicted molar refractivity (Wildman–Crippen MR) is 71.9 cm³/mol. The number of aromatic nitrogens is 2. The number of urea groups is 1. The van der Waals surface area contributed by atoms with Crippen LogP contribution >= 0.6 is 11.3 Å². The first kappa shape index (κ1) is 14.8. The van der Waals surface area contributed by atoms with E-state index >= 15 is 0 Å². The lowest BCUT2D eigenvalue weighted by Crippen LogP contribution is -2.36. The Kier molecular flexibility index (Phi) is 5.03. The van der Waals surface area contributed by atoms with Gasteiger partial charge in [0.25, 0.3) is 0 Å². The molecule has 1 heterocycles. The predicted octanol–water partition coefficient (Wildman–Crippen LogP) is 1.73. The maximum atomic E-state index is 11.6. The molecular weight excluding hydrogens is 252 g/mol. The minimum atomic E-state index is -0.326. The van der Waals surface area contributed by atoms with Gasteiger partial charge >= 0.3 is 6.03 Å². The van der Waals surface area contributed by atoms with Gasteiger partial charge in [0, 0.05) is 18.1 Å². The van der Waals surface area contributed by atoms with Crippen molar-refractivity contribution in [1.82, 2.24) is 15.5 Å². The molecule has 1 atom stereocenters. The molecule has 7 heteroatoms. The van der Waals surface area contributed by atoms with Crippen molar-refractivity contribution in [3.63, 3.8) is 0 Å². The highest BCUT2D eigenvalue weighted by Crippen LogP contribution is 2.27. The molecular formula is C11H20N4O2S. The topological polar surface area (TPSA) is 87.1 Å². The summed E-state index contributed by atoms with van der Waals surface area (Å²) < 4.78 is 0. The number of hydrogen-bond acceptors (Lipinski definition) is 5. The van der Waals surface area contributed by atoms with Crippen molar-refractivity contribution in [2.24, 2.45) is 0 Å². The van der Waals surface area contributed by atoms with Crippen LogP contribution in [0.5, 0.6) is 0 Å². The van der Waals surface area contributed by atoms with Crippen molar-refractivity contribution in [3.05, 3.63) is 5.01 Å². The first-order chi connectivity index (χ1) is 8.32. The molecule has 0 saturated heterocycles. The Hall–Kier alpha value is -1.21. The van der Waals surface area contributed by atoms with Gasteiger partial charge < -0.3 is 10.4 Å². The van der Waals surface area contributed by atoms with Crippen LogP contribution in [0.3, 0.4) is 0 Å². The van der Waals surface area contributed by atoms with Crippen LogP contribution < -0.4 is 10.6 Å². The lowest BCUT2D eigenvalue weighted by Gasteiger charge is -2.13. The number of hydrogen-bond donors (Lipinski definition) is 3. The van der Waals surface area contributed by atoms with E-state index in [0.29, 0.717) is 11.6 Å². The van der Waals surface area contributed by atoms with Crippen LogP contribution in [0.15, 0.2) is 0 Å². The normalized spacial score (nSPS) is 13.2. The molecule has 0 aliphatic heterocycles. The molecule has 0 unspecified atom stereocenters. The third kappa shape index (κ3) is 4.58. The van der Waals surface area contributed by atoms with Crippen molar-refractivity contribution in [2.45, 2.75) is 45.6 Å². The Bertz CT molecular complexity index is 400. The number of aliphatic hydroxyl groups excluding tert-OH is 1. The van der Waals surface area contributed by atoms with E-state index in [2.05, 4.69) is 20.8 Å². The molecule has 3 N–H and O–H groups in total. The lowest BCUT2D eigenvalue weighted by atomic mass is 9.98. The Morgan fingerprint density at radius 1 is 1.44 bits per heavy atom. The molecule has 6 nitrogen and oxygen atoms in total. The van der Waals surface area contributed by atoms with E-state index in [0.717, 1.165) is 5.01 Å². The molecule has 0 aromatic carbocycles. The molecule has 1 aromatic heterocycles. The van der Waals surface area contributed by atoms with Gasteiger partial charge in [-0.3, -0.25) is 5.32 Å². The van der Waals surface area contributed by atoms with Crippen LogP contribution in [0, 0.1) is 0 Å². The van der Waals surface area contributed by atoms with Crippen molar-refractivity contribution in [2.75, 3.05) is 11.9 Å². The number of rotatable bonds is 4. The van der Waals surface area contributed by atoms with Crippen LogP contribution in [-0.4, -0.2) is 34.0 Å². The van der Waals surface area contributed by atoms with Crippen LogP contribution in [0.4, 0.5) is 9.93 Å². The highest BCUT2D eigenvalue weighted by atomic mass is 32.1. The lowest BCUT2D eigenvalue weighted by molar-refractivity contribution is 0.241. The average Bonchev–Trinajstić information content (AvgIpc) is 2.65. The largest absolute Gasteiger partial charge is 0.396 e. The van der Waals surface area contributed by atoms with E-state index in [9.17, 15) is 4.79 Å². The third-order valence-corrected chi connectivity index (χ3v) is 3.49. The first-order valence-electron chi connectivity index (χ1n) is 5.85. The standard InChI is InChI=1S/C11H20N4O2S/c1-7(5-6-16)12-9(17)13-10-15-14-8(18-10)11(2,3)4/h7,16H,5-6H2,1-4H3,(H2,12,13,15,17)/t7-/m1/s1. The second kappa shape index (κ2) is 6.10. The summed E-state index contributed by atoms with van der Waals surface area (Å²) in [5.41, 5.74) is -0.0712. The molecule has 1 rings (SSSR count). The number of nitrogens with one attached hydrogen (secondary N) is 2. The van der Waals surface area contributed by atoms with E-state index in [-0.39, 0.29) is 24.1 Å². The fourth-order valence-electron chi connectivity index (χ4n) is 1.20. The Balaban J connectivity index is 2.52. The van der Waals surface area contributed by atoms with Gasteiger partial charge in [0.15, 0.2) is 0 Å². The van der Waals surface area contributed by atoms with Gasteiger partial charge in [-0.15, -0.1) is 10.2 Å². The summed E-state index contributed by atoms with van der Waals surface area (Å²) in [6.45, 7) is 8.01. The highest BCUT2D eigenvalue weighted by Gasteiger charge is 2.20. The summed E-state index contributed by atoms with van der Waals surface area (Å²) in [7, 11) is 0. The van der Waals surface area contributed by atoms with Gasteiger partial charge in [0.2, 0.25) is 5.13 Å². The number of aliphatic hydroxyl groups is 1. The van der Waals surface area contributed by atoms with Crippen molar-refractivity contribution in [3.8, 4) is 0 Å². The minimum Gasteiger partial charge on any atom is -0.396 e. The SMILES string of the molecule is C[C@H](CCO)NC(=O)Nc1nnc(C(C)(C)C)s1. The first-order valence-corrected chi connectivity index (χ1v) is 6.67. The molecule has 0 aliphatic rings. The second-order valence-corrected chi connectivity index (χ2v) is 6.15. The minimum absolute atomic E-state index is 0.0500. The molecule has 1 aromatic rings. The fraction of sp³-hybridized carbons (Fsp3) is 0.727. The Labute approximate surface area is 111 Å². The van der Waals surface area contributed by atoms with E-state index < -0.39 is 0 Å². The Morgan fingerprint density at radius 3 is 2.61 bits per heavy atom. The van der Waals surface area contributed by atoms with Gasteiger partial charge in [-0.25, -0.2) is 4.79 Å². The maximum Gasteiger partial charge on any atom is 0.321 e. The monoisotopic (exact) mass is 272 g/mol. The fourth-order valence-corrected chi connectivity index (χ4v) is 2.00. The zero-order chi connectivity index (χ0) is 13.8. The third-order valence-electron chi connectivity index (χ3n) is 2.23. The molecule has 2 amide bonds. The summed E-state index contributed by atoms with van der Waals surface area (Å²) in [6.07, 6.45) is 0.525. The van der Waals surface area contributed by atoms with E-state index in [1.54, 1.807) is 0 Å². The van der Waals surface area contributed by atoms with Gasteiger partial charge in [-0.2, -0.15) is 0 Å². The summed E-state index contributed by atoms with van der Waals surface area (Å²) >= 11 is 1.37. The van der Waals surface area contributed by atoms with Gasteiger partial charge in [0.05, 0.1) is 0 Å².